The van der Waals surface area contributed by atoms with Gasteiger partial charge in [0.2, 0.25) is 10.0 Å². The lowest BCUT2D eigenvalue weighted by Crippen LogP contribution is -2.29. The molecule has 3 nitrogen and oxygen atoms in total. The van der Waals surface area contributed by atoms with Gasteiger partial charge in [0.1, 0.15) is 0 Å². The lowest BCUT2D eigenvalue weighted by atomic mass is 9.99. The van der Waals surface area contributed by atoms with Crippen LogP contribution >= 0.6 is 0 Å². The van der Waals surface area contributed by atoms with Crippen LogP contribution in [0.5, 0.6) is 0 Å². The monoisotopic (exact) mass is 177 g/mol. The van der Waals surface area contributed by atoms with E-state index in [9.17, 15) is 8.42 Å². The molecular weight excluding hydrogens is 162 g/mol. The Morgan fingerprint density at radius 3 is 2.18 bits per heavy atom. The topological polar surface area (TPSA) is 46.2 Å². The van der Waals surface area contributed by atoms with Crippen LogP contribution in [0.2, 0.25) is 0 Å². The smallest absolute Gasteiger partial charge is 0.215 e. The average molecular weight is 177 g/mol. The summed E-state index contributed by atoms with van der Waals surface area (Å²) in [4.78, 5) is 0. The van der Waals surface area contributed by atoms with Crippen molar-refractivity contribution in [2.45, 2.75) is 26.0 Å². The minimum atomic E-state index is -2.99. The molecule has 0 spiro atoms. The summed E-state index contributed by atoms with van der Waals surface area (Å²) in [6.07, 6.45) is 0. The molecular formula is C7H15NO2S. The zero-order chi connectivity index (χ0) is 8.65. The van der Waals surface area contributed by atoms with Gasteiger partial charge in [-0.2, -0.15) is 0 Å². The molecule has 1 N–H and O–H groups in total. The lowest BCUT2D eigenvalue weighted by Gasteiger charge is -2.16. The standard InChI is InChI=1S/C7H15NO2S/c1-5(2)7-6(3)4-8-11(7,9)10/h5-8H,4H2,1-3H3/t6-,7-/m0/s1. The third-order valence-corrected chi connectivity index (χ3v) is 4.48. The number of hydrogen-bond acceptors (Lipinski definition) is 2. The lowest BCUT2D eigenvalue weighted by molar-refractivity contribution is 0.465. The van der Waals surface area contributed by atoms with Crippen LogP contribution in [-0.4, -0.2) is 20.2 Å². The highest BCUT2D eigenvalue weighted by atomic mass is 32.2. The van der Waals surface area contributed by atoms with Crippen LogP contribution in [0, 0.1) is 11.8 Å². The summed E-state index contributed by atoms with van der Waals surface area (Å²) in [7, 11) is -2.99. The van der Waals surface area contributed by atoms with E-state index in [0.717, 1.165) is 0 Å². The zero-order valence-corrected chi connectivity index (χ0v) is 7.98. The fourth-order valence-corrected chi connectivity index (χ4v) is 3.89. The molecule has 4 heteroatoms. The van der Waals surface area contributed by atoms with Gasteiger partial charge in [-0.25, -0.2) is 13.1 Å². The molecule has 0 bridgehead atoms. The highest BCUT2D eigenvalue weighted by molar-refractivity contribution is 7.90. The van der Waals surface area contributed by atoms with Crippen molar-refractivity contribution in [2.75, 3.05) is 6.54 Å². The highest BCUT2D eigenvalue weighted by Crippen LogP contribution is 2.24. The first-order valence-electron chi connectivity index (χ1n) is 3.93. The maximum atomic E-state index is 11.3. The Morgan fingerprint density at radius 1 is 1.45 bits per heavy atom. The molecule has 1 saturated heterocycles. The zero-order valence-electron chi connectivity index (χ0n) is 7.16. The van der Waals surface area contributed by atoms with E-state index < -0.39 is 10.0 Å². The fraction of sp³-hybridized carbons (Fsp3) is 1.00. The van der Waals surface area contributed by atoms with E-state index in [2.05, 4.69) is 4.72 Å². The van der Waals surface area contributed by atoms with E-state index in [0.29, 0.717) is 6.54 Å². The van der Waals surface area contributed by atoms with Crippen molar-refractivity contribution < 1.29 is 8.42 Å². The molecule has 0 amide bonds. The molecule has 1 aliphatic rings. The Bertz CT molecular complexity index is 233. The van der Waals surface area contributed by atoms with Gasteiger partial charge in [0, 0.05) is 6.54 Å². The summed E-state index contributed by atoms with van der Waals surface area (Å²) in [6, 6.07) is 0. The largest absolute Gasteiger partial charge is 0.215 e. The molecule has 11 heavy (non-hydrogen) atoms. The first-order valence-corrected chi connectivity index (χ1v) is 5.48. The first kappa shape index (κ1) is 9.00. The van der Waals surface area contributed by atoms with E-state index in [-0.39, 0.29) is 17.1 Å². The average Bonchev–Trinajstić information content (AvgIpc) is 2.06. The summed E-state index contributed by atoms with van der Waals surface area (Å²) >= 11 is 0. The van der Waals surface area contributed by atoms with Gasteiger partial charge in [0.15, 0.2) is 0 Å². The molecule has 2 atom stereocenters. The Labute approximate surface area is 68.2 Å². The molecule has 0 aromatic rings. The van der Waals surface area contributed by atoms with Crippen molar-refractivity contribution in [3.63, 3.8) is 0 Å². The molecule has 1 fully saturated rings. The summed E-state index contributed by atoms with van der Waals surface area (Å²) in [5.41, 5.74) is 0. The summed E-state index contributed by atoms with van der Waals surface area (Å²) in [5, 5.41) is -0.192. The van der Waals surface area contributed by atoms with Gasteiger partial charge in [-0.1, -0.05) is 20.8 Å². The fourth-order valence-electron chi connectivity index (χ4n) is 1.78. The quantitative estimate of drug-likeness (QED) is 0.637. The minimum Gasteiger partial charge on any atom is -0.215 e. The second kappa shape index (κ2) is 2.75. The minimum absolute atomic E-state index is 0.192. The summed E-state index contributed by atoms with van der Waals surface area (Å²) in [5.74, 6) is 0.463. The van der Waals surface area contributed by atoms with Crippen LogP contribution in [0.25, 0.3) is 0 Å². The Kier molecular flexibility index (Phi) is 2.25. The first-order chi connectivity index (χ1) is 4.95. The molecule has 0 aliphatic carbocycles. The second-order valence-corrected chi connectivity index (χ2v) is 5.50. The van der Waals surface area contributed by atoms with E-state index >= 15 is 0 Å². The normalized spacial score (nSPS) is 36.4. The summed E-state index contributed by atoms with van der Waals surface area (Å²) in [6.45, 7) is 6.48. The van der Waals surface area contributed by atoms with Crippen LogP contribution < -0.4 is 4.72 Å². The molecule has 0 aromatic carbocycles. The van der Waals surface area contributed by atoms with Gasteiger partial charge in [-0.3, -0.25) is 0 Å². The maximum absolute atomic E-state index is 11.3. The predicted molar refractivity (Wildman–Crippen MR) is 44.7 cm³/mol. The second-order valence-electron chi connectivity index (χ2n) is 3.58. The molecule has 1 rings (SSSR count). The Morgan fingerprint density at radius 2 is 2.00 bits per heavy atom. The van der Waals surface area contributed by atoms with Crippen LogP contribution in [0.15, 0.2) is 0 Å². The number of hydrogen-bond donors (Lipinski definition) is 1. The van der Waals surface area contributed by atoms with Crippen molar-refractivity contribution in [1.29, 1.82) is 0 Å². The van der Waals surface area contributed by atoms with Gasteiger partial charge >= 0.3 is 0 Å². The van der Waals surface area contributed by atoms with Crippen LogP contribution in [0.4, 0.5) is 0 Å². The molecule has 66 valence electrons. The van der Waals surface area contributed by atoms with Crippen molar-refractivity contribution in [1.82, 2.24) is 4.72 Å². The van der Waals surface area contributed by atoms with Crippen molar-refractivity contribution in [2.24, 2.45) is 11.8 Å². The van der Waals surface area contributed by atoms with Gasteiger partial charge in [-0.05, 0) is 11.8 Å². The molecule has 0 saturated carbocycles. The van der Waals surface area contributed by atoms with Crippen LogP contribution in [0.3, 0.4) is 0 Å². The molecule has 1 heterocycles. The SMILES string of the molecule is CC(C)[C@H]1[C@@H](C)CNS1(=O)=O. The number of rotatable bonds is 1. The van der Waals surface area contributed by atoms with Crippen molar-refractivity contribution >= 4 is 10.0 Å². The van der Waals surface area contributed by atoms with E-state index in [4.69, 9.17) is 0 Å². The molecule has 0 radical (unpaired) electrons. The van der Waals surface area contributed by atoms with Crippen LogP contribution in [-0.2, 0) is 10.0 Å². The molecule has 0 unspecified atom stereocenters. The number of nitrogens with one attached hydrogen (secondary N) is 1. The summed E-state index contributed by atoms with van der Waals surface area (Å²) < 4.78 is 25.2. The van der Waals surface area contributed by atoms with Gasteiger partial charge in [0.25, 0.3) is 0 Å². The third kappa shape index (κ3) is 1.56. The predicted octanol–water partition coefficient (Wildman–Crippen LogP) is 0.580. The highest BCUT2D eigenvalue weighted by Gasteiger charge is 2.38. The maximum Gasteiger partial charge on any atom is 0.215 e. The van der Waals surface area contributed by atoms with E-state index in [1.807, 2.05) is 20.8 Å². The van der Waals surface area contributed by atoms with Gasteiger partial charge in [-0.15, -0.1) is 0 Å². The Balaban J connectivity index is 2.90. The van der Waals surface area contributed by atoms with E-state index in [1.54, 1.807) is 0 Å². The number of sulfonamides is 1. The van der Waals surface area contributed by atoms with Gasteiger partial charge < -0.3 is 0 Å². The third-order valence-electron chi connectivity index (χ3n) is 2.18. The molecule has 1 aliphatic heterocycles. The van der Waals surface area contributed by atoms with E-state index in [1.165, 1.54) is 0 Å². The van der Waals surface area contributed by atoms with Crippen molar-refractivity contribution in [3.8, 4) is 0 Å². The van der Waals surface area contributed by atoms with Gasteiger partial charge in [0.05, 0.1) is 5.25 Å². The van der Waals surface area contributed by atoms with Crippen LogP contribution in [0.1, 0.15) is 20.8 Å². The molecule has 0 aromatic heterocycles. The Hall–Kier alpha value is -0.0900. The van der Waals surface area contributed by atoms with Crippen molar-refractivity contribution in [3.05, 3.63) is 0 Å².